The summed E-state index contributed by atoms with van der Waals surface area (Å²) in [6, 6.07) is 1.12. The van der Waals surface area contributed by atoms with Crippen molar-refractivity contribution in [1.29, 1.82) is 0 Å². The van der Waals surface area contributed by atoms with E-state index in [0.29, 0.717) is 6.42 Å². The van der Waals surface area contributed by atoms with Crippen LogP contribution in [0.1, 0.15) is 5.56 Å². The van der Waals surface area contributed by atoms with Crippen molar-refractivity contribution in [2.75, 3.05) is 6.54 Å². The van der Waals surface area contributed by atoms with E-state index >= 15 is 0 Å². The van der Waals surface area contributed by atoms with Gasteiger partial charge in [-0.3, -0.25) is 9.48 Å². The highest BCUT2D eigenvalue weighted by atomic mass is 35.5. The lowest BCUT2D eigenvalue weighted by Gasteiger charge is -2.05. The van der Waals surface area contributed by atoms with Gasteiger partial charge in [0.2, 0.25) is 10.0 Å². The lowest BCUT2D eigenvalue weighted by molar-refractivity contribution is 0.581. The van der Waals surface area contributed by atoms with E-state index in [1.54, 1.807) is 17.9 Å². The Kier molecular flexibility index (Phi) is 4.26. The third-order valence-corrected chi connectivity index (χ3v) is 4.33. The van der Waals surface area contributed by atoms with Crippen molar-refractivity contribution in [3.8, 4) is 0 Å². The van der Waals surface area contributed by atoms with E-state index in [4.69, 9.17) is 11.6 Å². The second-order valence-corrected chi connectivity index (χ2v) is 6.36. The first-order chi connectivity index (χ1) is 9.38. The summed E-state index contributed by atoms with van der Waals surface area (Å²) in [7, 11) is -1.91. The van der Waals surface area contributed by atoms with E-state index in [-0.39, 0.29) is 16.5 Å². The van der Waals surface area contributed by atoms with Crippen LogP contribution in [0.5, 0.6) is 0 Å². The normalized spacial score (nSPS) is 11.7. The molecule has 0 saturated carbocycles. The van der Waals surface area contributed by atoms with Crippen LogP contribution in [0, 0.1) is 0 Å². The van der Waals surface area contributed by atoms with Gasteiger partial charge in [0.05, 0.1) is 11.1 Å². The van der Waals surface area contributed by atoms with Gasteiger partial charge >= 0.3 is 0 Å². The Bertz CT molecular complexity index is 766. The van der Waals surface area contributed by atoms with Gasteiger partial charge in [-0.15, -0.1) is 0 Å². The molecule has 0 aliphatic carbocycles. The van der Waals surface area contributed by atoms with Crippen LogP contribution < -0.4 is 10.3 Å². The number of aryl methyl sites for hydroxylation is 1. The van der Waals surface area contributed by atoms with Crippen LogP contribution in [0.3, 0.4) is 0 Å². The van der Waals surface area contributed by atoms with Gasteiger partial charge in [-0.25, -0.2) is 13.1 Å². The molecule has 2 aromatic rings. The summed E-state index contributed by atoms with van der Waals surface area (Å²) in [6.45, 7) is 0.227. The van der Waals surface area contributed by atoms with Crippen LogP contribution in [0.25, 0.3) is 0 Å². The van der Waals surface area contributed by atoms with E-state index in [9.17, 15) is 13.2 Å². The zero-order valence-electron chi connectivity index (χ0n) is 10.6. The molecular formula is C11H13ClN4O3S. The molecule has 2 N–H and O–H groups in total. The molecule has 20 heavy (non-hydrogen) atoms. The molecule has 7 nitrogen and oxygen atoms in total. The lowest BCUT2D eigenvalue weighted by atomic mass is 10.3. The number of halogens is 1. The summed E-state index contributed by atoms with van der Waals surface area (Å²) in [4.78, 5) is 13.3. The Hall–Kier alpha value is -1.64. The first-order valence-corrected chi connectivity index (χ1v) is 7.60. The second kappa shape index (κ2) is 5.78. The summed E-state index contributed by atoms with van der Waals surface area (Å²) in [6.07, 6.45) is 5.11. The number of H-pyrrole nitrogens is 1. The molecule has 108 valence electrons. The third-order valence-electron chi connectivity index (χ3n) is 2.61. The lowest BCUT2D eigenvalue weighted by Crippen LogP contribution is -2.26. The quantitative estimate of drug-likeness (QED) is 0.828. The van der Waals surface area contributed by atoms with Crippen LogP contribution in [-0.4, -0.2) is 29.7 Å². The number of aromatic nitrogens is 3. The maximum absolute atomic E-state index is 12.0. The fourth-order valence-electron chi connectivity index (χ4n) is 1.61. The Morgan fingerprint density at radius 2 is 2.25 bits per heavy atom. The zero-order valence-corrected chi connectivity index (χ0v) is 12.2. The number of rotatable bonds is 5. The van der Waals surface area contributed by atoms with Gasteiger partial charge in [0.1, 0.15) is 5.02 Å². The third kappa shape index (κ3) is 3.47. The summed E-state index contributed by atoms with van der Waals surface area (Å²) in [5, 5.41) is 3.83. The fraction of sp³-hybridized carbons (Fsp3) is 0.273. The molecule has 0 radical (unpaired) electrons. The van der Waals surface area contributed by atoms with Crippen molar-refractivity contribution in [3.63, 3.8) is 0 Å². The van der Waals surface area contributed by atoms with Crippen molar-refractivity contribution in [2.45, 2.75) is 11.3 Å². The number of sulfonamides is 1. The van der Waals surface area contributed by atoms with E-state index in [1.165, 1.54) is 0 Å². The van der Waals surface area contributed by atoms with Gasteiger partial charge < -0.3 is 4.98 Å². The molecule has 0 saturated heterocycles. The number of aromatic amines is 1. The molecule has 0 amide bonds. The molecule has 0 aromatic carbocycles. The summed E-state index contributed by atoms with van der Waals surface area (Å²) >= 11 is 5.61. The standard InChI is InChI=1S/C11H13ClN4O3S/c1-16-7-8(5-14-16)2-3-15-20(18,19)9-4-10(12)11(17)13-6-9/h4-7,15H,2-3H2,1H3,(H,13,17). The van der Waals surface area contributed by atoms with Crippen LogP contribution in [0.4, 0.5) is 0 Å². The minimum Gasteiger partial charge on any atom is -0.326 e. The molecule has 0 aliphatic heterocycles. The van der Waals surface area contributed by atoms with Gasteiger partial charge in [0.15, 0.2) is 0 Å². The molecule has 0 atom stereocenters. The van der Waals surface area contributed by atoms with Crippen molar-refractivity contribution in [2.24, 2.45) is 7.05 Å². The first-order valence-electron chi connectivity index (χ1n) is 5.74. The maximum Gasteiger partial charge on any atom is 0.266 e. The molecule has 0 spiro atoms. The minimum absolute atomic E-state index is 0.0757. The van der Waals surface area contributed by atoms with Crippen molar-refractivity contribution >= 4 is 21.6 Å². The molecule has 2 heterocycles. The average molecular weight is 317 g/mol. The topological polar surface area (TPSA) is 96.9 Å². The molecule has 2 rings (SSSR count). The molecular weight excluding hydrogens is 304 g/mol. The van der Waals surface area contributed by atoms with E-state index < -0.39 is 15.6 Å². The van der Waals surface area contributed by atoms with Gasteiger partial charge in [0.25, 0.3) is 5.56 Å². The van der Waals surface area contributed by atoms with Gasteiger partial charge in [0, 0.05) is 26.0 Å². The van der Waals surface area contributed by atoms with Crippen molar-refractivity contribution < 1.29 is 8.42 Å². The predicted octanol–water partition coefficient (Wildman–Crippen LogP) is 0.283. The largest absolute Gasteiger partial charge is 0.326 e. The van der Waals surface area contributed by atoms with E-state index in [2.05, 4.69) is 14.8 Å². The highest BCUT2D eigenvalue weighted by Crippen LogP contribution is 2.10. The summed E-state index contributed by atoms with van der Waals surface area (Å²) in [5.74, 6) is 0. The average Bonchev–Trinajstić information content (AvgIpc) is 2.78. The van der Waals surface area contributed by atoms with Crippen molar-refractivity contribution in [3.05, 3.63) is 45.6 Å². The van der Waals surface area contributed by atoms with Gasteiger partial charge in [-0.2, -0.15) is 5.10 Å². The second-order valence-electron chi connectivity index (χ2n) is 4.18. The predicted molar refractivity (Wildman–Crippen MR) is 74.2 cm³/mol. The minimum atomic E-state index is -3.69. The number of hydrogen-bond donors (Lipinski definition) is 2. The number of nitrogens with one attached hydrogen (secondary N) is 2. The molecule has 0 bridgehead atoms. The summed E-state index contributed by atoms with van der Waals surface area (Å²) in [5.41, 5.74) is 0.399. The first kappa shape index (κ1) is 14.8. The Labute approximate surface area is 120 Å². The van der Waals surface area contributed by atoms with Crippen LogP contribution in [-0.2, 0) is 23.5 Å². The maximum atomic E-state index is 12.0. The highest BCUT2D eigenvalue weighted by molar-refractivity contribution is 7.89. The number of nitrogens with zero attached hydrogens (tertiary/aromatic N) is 2. The van der Waals surface area contributed by atoms with Crippen LogP contribution in [0.15, 0.2) is 34.3 Å². The SMILES string of the molecule is Cn1cc(CCNS(=O)(=O)c2c[nH]c(=O)c(Cl)c2)cn1. The molecule has 0 unspecified atom stereocenters. The molecule has 0 fully saturated rings. The fourth-order valence-corrected chi connectivity index (χ4v) is 2.87. The number of hydrogen-bond acceptors (Lipinski definition) is 4. The van der Waals surface area contributed by atoms with Gasteiger partial charge in [-0.1, -0.05) is 11.6 Å². The van der Waals surface area contributed by atoms with Crippen molar-refractivity contribution in [1.82, 2.24) is 19.5 Å². The Morgan fingerprint density at radius 1 is 1.50 bits per heavy atom. The van der Waals surface area contributed by atoms with E-state index in [1.807, 2.05) is 6.20 Å². The Morgan fingerprint density at radius 3 is 2.85 bits per heavy atom. The highest BCUT2D eigenvalue weighted by Gasteiger charge is 2.15. The smallest absolute Gasteiger partial charge is 0.266 e. The molecule has 2 aromatic heterocycles. The molecule has 0 aliphatic rings. The van der Waals surface area contributed by atoms with Gasteiger partial charge in [-0.05, 0) is 18.1 Å². The number of pyridine rings is 1. The van der Waals surface area contributed by atoms with Crippen LogP contribution in [0.2, 0.25) is 5.02 Å². The monoisotopic (exact) mass is 316 g/mol. The van der Waals surface area contributed by atoms with E-state index in [0.717, 1.165) is 17.8 Å². The Balaban J connectivity index is 2.03. The zero-order chi connectivity index (χ0) is 14.8. The molecule has 9 heteroatoms. The van der Waals surface area contributed by atoms with Crippen LogP contribution >= 0.6 is 11.6 Å². The summed E-state index contributed by atoms with van der Waals surface area (Å²) < 4.78 is 28.0.